The molecule has 0 saturated carbocycles. The van der Waals surface area contributed by atoms with Crippen LogP contribution >= 0.6 is 0 Å². The number of benzene rings is 1. The van der Waals surface area contributed by atoms with E-state index in [1.807, 2.05) is 58.0 Å². The van der Waals surface area contributed by atoms with Crippen LogP contribution in [0.1, 0.15) is 26.5 Å². The van der Waals surface area contributed by atoms with E-state index in [0.29, 0.717) is 29.1 Å². The molecule has 0 radical (unpaired) electrons. The van der Waals surface area contributed by atoms with Gasteiger partial charge in [0.25, 0.3) is 0 Å². The zero-order chi connectivity index (χ0) is 24.6. The lowest BCUT2D eigenvalue weighted by molar-refractivity contribution is 0.620. The van der Waals surface area contributed by atoms with E-state index in [1.54, 1.807) is 29.0 Å². The van der Waals surface area contributed by atoms with Gasteiger partial charge in [0, 0.05) is 29.2 Å². The highest BCUT2D eigenvalue weighted by Crippen LogP contribution is 2.36. The molecule has 0 fully saturated rings. The summed E-state index contributed by atoms with van der Waals surface area (Å²) < 4.78 is 15.5. The van der Waals surface area contributed by atoms with Crippen molar-refractivity contribution in [2.24, 2.45) is 0 Å². The lowest BCUT2D eigenvalue weighted by atomic mass is 10.00. The van der Waals surface area contributed by atoms with Gasteiger partial charge < -0.3 is 10.6 Å². The monoisotopic (exact) mass is 468 g/mol. The fourth-order valence-corrected chi connectivity index (χ4v) is 3.74. The number of nitrogens with one attached hydrogen (secondary N) is 2. The molecule has 9 heteroatoms. The summed E-state index contributed by atoms with van der Waals surface area (Å²) in [6.45, 7) is 8.06. The van der Waals surface area contributed by atoms with E-state index in [2.05, 4.69) is 20.6 Å². The van der Waals surface area contributed by atoms with Crippen molar-refractivity contribution < 1.29 is 4.39 Å². The van der Waals surface area contributed by atoms with Crippen molar-refractivity contribution >= 4 is 23.4 Å². The molecule has 0 unspecified atom stereocenters. The van der Waals surface area contributed by atoms with Crippen LogP contribution in [0.5, 0.6) is 0 Å². The van der Waals surface area contributed by atoms with E-state index in [4.69, 9.17) is 15.1 Å². The predicted molar refractivity (Wildman–Crippen MR) is 135 cm³/mol. The van der Waals surface area contributed by atoms with Crippen LogP contribution in [0.25, 0.3) is 28.0 Å². The first-order valence-corrected chi connectivity index (χ1v) is 11.2. The standard InChI is InChI=1S/C26H25FN8/c1-16-15-18(12-14-28-16)21-22(17-8-10-19(27)11-9-17)31-25(33-26(2,3)4)35-23(21)32-24(34-35)30-20-7-5-6-13-29-20/h5-15H,1-4H3,(H,31,33)(H,29,30,34). The van der Waals surface area contributed by atoms with Gasteiger partial charge in [-0.05, 0) is 81.8 Å². The molecule has 8 nitrogen and oxygen atoms in total. The maximum Gasteiger partial charge on any atom is 0.248 e. The summed E-state index contributed by atoms with van der Waals surface area (Å²) in [7, 11) is 0. The van der Waals surface area contributed by atoms with E-state index < -0.39 is 0 Å². The summed E-state index contributed by atoms with van der Waals surface area (Å²) in [6, 6.07) is 15.7. The molecule has 5 rings (SSSR count). The summed E-state index contributed by atoms with van der Waals surface area (Å²) in [5.74, 6) is 1.21. The molecular formula is C26H25FN8. The van der Waals surface area contributed by atoms with Crippen LogP contribution in [0.15, 0.2) is 67.0 Å². The molecule has 35 heavy (non-hydrogen) atoms. The number of anilines is 3. The molecule has 0 atom stereocenters. The van der Waals surface area contributed by atoms with Crippen LogP contribution in [0.3, 0.4) is 0 Å². The van der Waals surface area contributed by atoms with Crippen molar-refractivity contribution in [3.05, 3.63) is 78.5 Å². The average Bonchev–Trinajstić information content (AvgIpc) is 3.23. The van der Waals surface area contributed by atoms with Crippen LogP contribution in [0.2, 0.25) is 0 Å². The molecule has 0 bridgehead atoms. The van der Waals surface area contributed by atoms with Crippen LogP contribution in [-0.2, 0) is 0 Å². The second-order valence-corrected chi connectivity index (χ2v) is 9.24. The number of hydrogen-bond acceptors (Lipinski definition) is 7. The van der Waals surface area contributed by atoms with Crippen molar-refractivity contribution in [1.29, 1.82) is 0 Å². The third kappa shape index (κ3) is 4.79. The Morgan fingerprint density at radius 3 is 2.37 bits per heavy atom. The van der Waals surface area contributed by atoms with Gasteiger partial charge in [0.15, 0.2) is 5.65 Å². The van der Waals surface area contributed by atoms with Crippen molar-refractivity contribution in [1.82, 2.24) is 29.5 Å². The molecule has 2 N–H and O–H groups in total. The molecule has 4 aromatic heterocycles. The lowest BCUT2D eigenvalue weighted by Crippen LogP contribution is -2.28. The first-order chi connectivity index (χ1) is 16.8. The summed E-state index contributed by atoms with van der Waals surface area (Å²) in [5, 5.41) is 11.3. The number of nitrogens with zero attached hydrogens (tertiary/aromatic N) is 6. The Bertz CT molecular complexity index is 1490. The average molecular weight is 469 g/mol. The first kappa shape index (κ1) is 22.4. The zero-order valence-electron chi connectivity index (χ0n) is 19.9. The molecule has 0 saturated heterocycles. The maximum atomic E-state index is 13.8. The van der Waals surface area contributed by atoms with Gasteiger partial charge in [-0.3, -0.25) is 4.98 Å². The van der Waals surface area contributed by atoms with Gasteiger partial charge in [0.05, 0.1) is 11.3 Å². The number of hydrogen-bond donors (Lipinski definition) is 2. The van der Waals surface area contributed by atoms with Crippen LogP contribution in [0, 0.1) is 12.7 Å². The topological polar surface area (TPSA) is 92.9 Å². The highest BCUT2D eigenvalue weighted by Gasteiger charge is 2.23. The minimum Gasteiger partial charge on any atom is -0.350 e. The minimum atomic E-state index is -0.312. The molecule has 0 aliphatic rings. The Hall–Kier alpha value is -4.40. The Labute approximate surface area is 202 Å². The third-order valence-corrected chi connectivity index (χ3v) is 5.18. The zero-order valence-corrected chi connectivity index (χ0v) is 19.9. The van der Waals surface area contributed by atoms with E-state index in [0.717, 1.165) is 22.4 Å². The van der Waals surface area contributed by atoms with Crippen LogP contribution in [-0.4, -0.2) is 35.1 Å². The van der Waals surface area contributed by atoms with Gasteiger partial charge >= 0.3 is 0 Å². The number of rotatable bonds is 5. The number of halogens is 1. The van der Waals surface area contributed by atoms with E-state index >= 15 is 0 Å². The Balaban J connectivity index is 1.80. The van der Waals surface area contributed by atoms with Gasteiger partial charge in [-0.25, -0.2) is 14.4 Å². The van der Waals surface area contributed by atoms with Gasteiger partial charge in [-0.2, -0.15) is 9.50 Å². The fourth-order valence-electron chi connectivity index (χ4n) is 3.74. The van der Waals surface area contributed by atoms with Crippen molar-refractivity contribution in [2.75, 3.05) is 10.6 Å². The SMILES string of the molecule is Cc1cc(-c2c(-c3ccc(F)cc3)nc(NC(C)(C)C)n3nc(Nc4ccccn4)nc23)ccn1. The molecule has 0 spiro atoms. The van der Waals surface area contributed by atoms with E-state index in [-0.39, 0.29) is 11.4 Å². The number of aryl methyl sites for hydroxylation is 1. The number of fused-ring (bicyclic) bond motifs is 1. The van der Waals surface area contributed by atoms with Gasteiger partial charge in [-0.15, -0.1) is 5.10 Å². The normalized spacial score (nSPS) is 11.6. The minimum absolute atomic E-state index is 0.296. The summed E-state index contributed by atoms with van der Waals surface area (Å²) >= 11 is 0. The largest absolute Gasteiger partial charge is 0.350 e. The van der Waals surface area contributed by atoms with Crippen molar-refractivity contribution in [2.45, 2.75) is 33.2 Å². The summed E-state index contributed by atoms with van der Waals surface area (Å²) in [4.78, 5) is 18.5. The second-order valence-electron chi connectivity index (χ2n) is 9.24. The van der Waals surface area contributed by atoms with Crippen LogP contribution < -0.4 is 10.6 Å². The smallest absolute Gasteiger partial charge is 0.248 e. The molecule has 176 valence electrons. The highest BCUT2D eigenvalue weighted by atomic mass is 19.1. The van der Waals surface area contributed by atoms with E-state index in [9.17, 15) is 4.39 Å². The van der Waals surface area contributed by atoms with Gasteiger partial charge in [0.2, 0.25) is 11.9 Å². The maximum absolute atomic E-state index is 13.8. The van der Waals surface area contributed by atoms with Gasteiger partial charge in [0.1, 0.15) is 11.6 Å². The molecule has 0 amide bonds. The third-order valence-electron chi connectivity index (χ3n) is 5.18. The summed E-state index contributed by atoms with van der Waals surface area (Å²) in [5.41, 5.74) is 4.22. The molecule has 4 heterocycles. The van der Waals surface area contributed by atoms with E-state index in [1.165, 1.54) is 12.1 Å². The fraction of sp³-hybridized carbons (Fsp3) is 0.192. The second kappa shape index (κ2) is 8.75. The highest BCUT2D eigenvalue weighted by molar-refractivity contribution is 5.91. The van der Waals surface area contributed by atoms with Crippen LogP contribution in [0.4, 0.5) is 22.1 Å². The van der Waals surface area contributed by atoms with Gasteiger partial charge in [-0.1, -0.05) is 6.07 Å². The first-order valence-electron chi connectivity index (χ1n) is 11.2. The van der Waals surface area contributed by atoms with Crippen molar-refractivity contribution in [3.63, 3.8) is 0 Å². The quantitative estimate of drug-likeness (QED) is 0.344. The molecule has 0 aliphatic heterocycles. The summed E-state index contributed by atoms with van der Waals surface area (Å²) in [6.07, 6.45) is 3.45. The molecule has 5 aromatic rings. The Morgan fingerprint density at radius 1 is 0.886 bits per heavy atom. The number of pyridine rings is 2. The van der Waals surface area contributed by atoms with Crippen molar-refractivity contribution in [3.8, 4) is 22.4 Å². The molecule has 0 aliphatic carbocycles. The molecular weight excluding hydrogens is 443 g/mol. The lowest BCUT2D eigenvalue weighted by Gasteiger charge is -2.23. The Kier molecular flexibility index (Phi) is 5.60. The Morgan fingerprint density at radius 2 is 1.69 bits per heavy atom. The predicted octanol–water partition coefficient (Wildman–Crippen LogP) is 5.65. The number of aromatic nitrogens is 6. The molecule has 1 aromatic carbocycles.